The lowest BCUT2D eigenvalue weighted by Crippen LogP contribution is -2.20. The summed E-state index contributed by atoms with van der Waals surface area (Å²) in [4.78, 5) is 2.48. The van der Waals surface area contributed by atoms with Crippen LogP contribution < -0.4 is 4.90 Å². The first-order chi connectivity index (χ1) is 36.8. The number of para-hydroxylation sites is 2. The Morgan fingerprint density at radius 1 is 0.707 bits per heavy atom. The molecule has 14 rings (SSSR count). The molecule has 1 unspecified atom stereocenters. The van der Waals surface area contributed by atoms with Crippen LogP contribution in [0.25, 0.3) is 88.8 Å². The highest BCUT2D eigenvalue weighted by Crippen LogP contribution is 2.52. The van der Waals surface area contributed by atoms with Gasteiger partial charge in [0.1, 0.15) is 11.2 Å². The number of rotatable bonds is 10. The van der Waals surface area contributed by atoms with Crippen LogP contribution in [0, 0.1) is 5.92 Å². The van der Waals surface area contributed by atoms with E-state index in [2.05, 4.69) is 248 Å². The maximum Gasteiger partial charge on any atom is 0.137 e. The van der Waals surface area contributed by atoms with E-state index < -0.39 is 0 Å². The number of fused-ring (bicyclic) bond motifs is 12. The molecular weight excluding hydrogens is 911 g/mol. The van der Waals surface area contributed by atoms with Crippen molar-refractivity contribution in [1.82, 2.24) is 9.13 Å². The van der Waals surface area contributed by atoms with E-state index in [4.69, 9.17) is 4.42 Å². The zero-order valence-electron chi connectivity index (χ0n) is 43.4. The molecule has 75 heavy (non-hydrogen) atoms. The molecule has 0 bridgehead atoms. The van der Waals surface area contributed by atoms with Crippen LogP contribution >= 0.6 is 0 Å². The molecule has 4 heteroatoms. The van der Waals surface area contributed by atoms with Crippen LogP contribution in [0.1, 0.15) is 87.7 Å². The average molecular weight is 972 g/mol. The molecule has 0 fully saturated rings. The second-order valence-electron chi connectivity index (χ2n) is 21.8. The molecule has 4 aliphatic rings. The predicted molar refractivity (Wildman–Crippen MR) is 318 cm³/mol. The van der Waals surface area contributed by atoms with E-state index in [0.29, 0.717) is 5.92 Å². The Morgan fingerprint density at radius 3 is 2.31 bits per heavy atom. The highest BCUT2D eigenvalue weighted by molar-refractivity contribution is 6.19. The first-order valence-corrected chi connectivity index (χ1v) is 27.3. The number of hydrogen-bond acceptors (Lipinski definition) is 2. The molecule has 4 aliphatic carbocycles. The van der Waals surface area contributed by atoms with E-state index in [1.165, 1.54) is 99.8 Å². The summed E-state index contributed by atoms with van der Waals surface area (Å²) < 4.78 is 11.4. The van der Waals surface area contributed by atoms with Gasteiger partial charge in [-0.25, -0.2) is 0 Å². The first kappa shape index (κ1) is 45.3. The summed E-state index contributed by atoms with van der Waals surface area (Å²) in [5, 5.41) is 6.27. The van der Waals surface area contributed by atoms with Crippen LogP contribution in [0.5, 0.6) is 0 Å². The Hall–Kier alpha value is -8.34. The third-order valence-corrected chi connectivity index (χ3v) is 16.8. The van der Waals surface area contributed by atoms with E-state index in [1.54, 1.807) is 5.57 Å². The Kier molecular flexibility index (Phi) is 10.8. The number of allylic oxidation sites excluding steroid dienone is 12. The van der Waals surface area contributed by atoms with Gasteiger partial charge in [0, 0.05) is 61.1 Å². The van der Waals surface area contributed by atoms with E-state index in [0.717, 1.165) is 72.9 Å². The van der Waals surface area contributed by atoms with Crippen molar-refractivity contribution in [3.8, 4) is 16.8 Å². The summed E-state index contributed by atoms with van der Waals surface area (Å²) in [7, 11) is 0. The molecule has 10 aromatic rings. The lowest BCUT2D eigenvalue weighted by Gasteiger charge is -2.30. The van der Waals surface area contributed by atoms with Crippen LogP contribution in [0.3, 0.4) is 0 Å². The van der Waals surface area contributed by atoms with Crippen molar-refractivity contribution in [1.29, 1.82) is 0 Å². The maximum absolute atomic E-state index is 6.44. The van der Waals surface area contributed by atoms with Crippen molar-refractivity contribution in [2.45, 2.75) is 78.1 Å². The van der Waals surface area contributed by atoms with Crippen LogP contribution in [0.15, 0.2) is 216 Å². The number of hydrogen-bond donors (Lipinski definition) is 0. The van der Waals surface area contributed by atoms with E-state index >= 15 is 0 Å². The minimum absolute atomic E-state index is 0.0388. The van der Waals surface area contributed by atoms with Gasteiger partial charge in [0.15, 0.2) is 0 Å². The molecule has 0 radical (unpaired) electrons. The fourth-order valence-corrected chi connectivity index (χ4v) is 13.2. The fourth-order valence-electron chi connectivity index (χ4n) is 13.2. The van der Waals surface area contributed by atoms with Crippen molar-refractivity contribution in [2.24, 2.45) is 5.92 Å². The van der Waals surface area contributed by atoms with Crippen LogP contribution in [-0.4, -0.2) is 9.13 Å². The number of nitrogens with zero attached hydrogens (tertiary/aromatic N) is 3. The van der Waals surface area contributed by atoms with Gasteiger partial charge in [0.05, 0.1) is 21.9 Å². The molecule has 1 atom stereocenters. The standard InChI is InChI=1S/C71H61N3O/c1-5-16-50(20-15-17-47-28-41-65-61(44-47)57-22-10-13-25-64(57)73(65)51-18-7-6-8-19-51)72(54-37-38-56-55-21-9-12-24-62(55)71(3,4)63(56)45-54)52-33-29-48(30-34-52)49-31-35-53(36-32-49)74-66-40-27-46(2)43-60(66)58-39-42-68-69(70(58)74)59-23-11-14-26-67(59)75-68/h6-7,9-11,13-16,18,20-23,25-42,44-46H,5,8,12,17,19,24,43H2,1-4H3. The lowest BCUT2D eigenvalue weighted by molar-refractivity contribution is 0.607. The quantitative estimate of drug-likeness (QED) is 0.128. The smallest absolute Gasteiger partial charge is 0.137 e. The second-order valence-corrected chi connectivity index (χ2v) is 21.8. The van der Waals surface area contributed by atoms with Gasteiger partial charge in [0.25, 0.3) is 0 Å². The zero-order valence-corrected chi connectivity index (χ0v) is 43.4. The monoisotopic (exact) mass is 971 g/mol. The fraction of sp³-hybridized carbons (Fsp3) is 0.183. The van der Waals surface area contributed by atoms with Crippen molar-refractivity contribution < 1.29 is 4.42 Å². The van der Waals surface area contributed by atoms with Gasteiger partial charge < -0.3 is 18.5 Å². The third-order valence-electron chi connectivity index (χ3n) is 16.8. The molecule has 7 aromatic carbocycles. The molecule has 0 N–H and O–H groups in total. The summed E-state index contributed by atoms with van der Waals surface area (Å²) in [5.41, 5.74) is 23.7. The summed E-state index contributed by atoms with van der Waals surface area (Å²) in [6.07, 6.45) is 30.4. The van der Waals surface area contributed by atoms with E-state index in [1.807, 2.05) is 0 Å². The van der Waals surface area contributed by atoms with Gasteiger partial charge in [-0.2, -0.15) is 0 Å². The molecular formula is C71H61N3O. The highest BCUT2D eigenvalue weighted by Gasteiger charge is 2.38. The van der Waals surface area contributed by atoms with Crippen molar-refractivity contribution >= 4 is 83.4 Å². The van der Waals surface area contributed by atoms with Crippen LogP contribution in [0.2, 0.25) is 0 Å². The molecule has 366 valence electrons. The zero-order chi connectivity index (χ0) is 50.4. The Balaban J connectivity index is 0.821. The SMILES string of the molecule is CCC=C(C=CCc1ccc2c(c1)c1ccccc1n2C1=CC=CCC1)N(c1ccc(-c2ccc(-n3c4c(c5ccc6oc7ccccc7c6c53)CC(C)C=C4)cc2)cc1)c1ccc2c(c1)C(C)(C)C1=C2C=CCC1. The number of aromatic nitrogens is 2. The normalized spacial score (nSPS) is 17.0. The minimum Gasteiger partial charge on any atom is -0.456 e. The molecule has 0 amide bonds. The summed E-state index contributed by atoms with van der Waals surface area (Å²) in [5.74, 6) is 0.483. The van der Waals surface area contributed by atoms with E-state index in [9.17, 15) is 0 Å². The topological polar surface area (TPSA) is 26.2 Å². The number of furan rings is 1. The van der Waals surface area contributed by atoms with Crippen LogP contribution in [-0.2, 0) is 18.3 Å². The molecule has 3 heterocycles. The van der Waals surface area contributed by atoms with Crippen molar-refractivity contribution in [2.75, 3.05) is 4.90 Å². The summed E-state index contributed by atoms with van der Waals surface area (Å²) in [6.45, 7) is 9.41. The van der Waals surface area contributed by atoms with Crippen molar-refractivity contribution in [3.05, 3.63) is 239 Å². The second kappa shape index (κ2) is 18.0. The largest absolute Gasteiger partial charge is 0.456 e. The summed E-state index contributed by atoms with van der Waals surface area (Å²) >= 11 is 0. The summed E-state index contributed by atoms with van der Waals surface area (Å²) in [6, 6.07) is 54.5. The lowest BCUT2D eigenvalue weighted by atomic mass is 9.78. The van der Waals surface area contributed by atoms with E-state index in [-0.39, 0.29) is 5.41 Å². The Labute approximate surface area is 439 Å². The minimum atomic E-state index is -0.0388. The first-order valence-electron chi connectivity index (χ1n) is 27.3. The van der Waals surface area contributed by atoms with Crippen molar-refractivity contribution in [3.63, 3.8) is 0 Å². The van der Waals surface area contributed by atoms with Gasteiger partial charge in [-0.15, -0.1) is 0 Å². The molecule has 3 aromatic heterocycles. The molecule has 0 spiro atoms. The van der Waals surface area contributed by atoms with Gasteiger partial charge >= 0.3 is 0 Å². The predicted octanol–water partition coefficient (Wildman–Crippen LogP) is 19.3. The van der Waals surface area contributed by atoms with Gasteiger partial charge in [0.2, 0.25) is 0 Å². The number of anilines is 2. The molecule has 0 aliphatic heterocycles. The Bertz CT molecular complexity index is 4190. The Morgan fingerprint density at radius 2 is 1.48 bits per heavy atom. The average Bonchev–Trinajstić information content (AvgIpc) is 4.17. The molecule has 4 nitrogen and oxygen atoms in total. The number of benzene rings is 7. The van der Waals surface area contributed by atoms with Crippen LogP contribution in [0.4, 0.5) is 11.4 Å². The third kappa shape index (κ3) is 7.40. The molecule has 0 saturated heterocycles. The van der Waals surface area contributed by atoms with Gasteiger partial charge in [-0.3, -0.25) is 0 Å². The van der Waals surface area contributed by atoms with Gasteiger partial charge in [-0.05, 0) is 181 Å². The highest BCUT2D eigenvalue weighted by atomic mass is 16.3. The molecule has 0 saturated carbocycles. The maximum atomic E-state index is 6.44. The van der Waals surface area contributed by atoms with Gasteiger partial charge in [-0.1, -0.05) is 149 Å².